The topological polar surface area (TPSA) is 41.9 Å². The molecule has 114 valence electrons. The highest BCUT2D eigenvalue weighted by Crippen LogP contribution is 2.62. The van der Waals surface area contributed by atoms with Gasteiger partial charge in [0, 0.05) is 30.8 Å². The fourth-order valence-electron chi connectivity index (χ4n) is 4.90. The minimum Gasteiger partial charge on any atom is -0.493 e. The van der Waals surface area contributed by atoms with Crippen molar-refractivity contribution in [1.29, 1.82) is 0 Å². The third-order valence-electron chi connectivity index (χ3n) is 5.88. The lowest BCUT2D eigenvalue weighted by Crippen LogP contribution is -2.58. The second-order valence-corrected chi connectivity index (χ2v) is 6.73. The van der Waals surface area contributed by atoms with Gasteiger partial charge in [0.05, 0.1) is 12.5 Å². The van der Waals surface area contributed by atoms with Gasteiger partial charge in [-0.2, -0.15) is 0 Å². The lowest BCUT2D eigenvalue weighted by atomic mass is 9.56. The van der Waals surface area contributed by atoms with Crippen LogP contribution in [0.2, 0.25) is 0 Å². The Kier molecular flexibility index (Phi) is 2.22. The van der Waals surface area contributed by atoms with Crippen LogP contribution >= 0.6 is 0 Å². The molecule has 1 aromatic carbocycles. The molecule has 2 bridgehead atoms. The number of piperidine rings is 1. The van der Waals surface area contributed by atoms with E-state index in [4.69, 9.17) is 9.47 Å². The van der Waals surface area contributed by atoms with Gasteiger partial charge in [-0.1, -0.05) is 18.2 Å². The maximum absolute atomic E-state index is 10.5. The SMILES string of the molecule is COc1ccc2c3c1OC1C(O)C=CC4C(=C2)N(C)CCC341. The summed E-state index contributed by atoms with van der Waals surface area (Å²) in [5.74, 6) is 1.88. The van der Waals surface area contributed by atoms with Gasteiger partial charge in [0.2, 0.25) is 0 Å². The molecule has 1 saturated heterocycles. The van der Waals surface area contributed by atoms with E-state index in [1.54, 1.807) is 7.11 Å². The predicted octanol–water partition coefficient (Wildman–Crippen LogP) is 1.93. The third kappa shape index (κ3) is 1.20. The molecule has 4 heteroatoms. The maximum atomic E-state index is 10.5. The summed E-state index contributed by atoms with van der Waals surface area (Å²) in [7, 11) is 3.82. The molecule has 2 aliphatic carbocycles. The Morgan fingerprint density at radius 2 is 2.23 bits per heavy atom. The molecule has 2 heterocycles. The fraction of sp³-hybridized carbons (Fsp3) is 0.444. The molecule has 4 nitrogen and oxygen atoms in total. The van der Waals surface area contributed by atoms with E-state index in [1.165, 1.54) is 16.8 Å². The maximum Gasteiger partial charge on any atom is 0.166 e. The zero-order valence-electron chi connectivity index (χ0n) is 12.7. The molecule has 4 aliphatic rings. The van der Waals surface area contributed by atoms with Gasteiger partial charge in [-0.05, 0) is 24.1 Å². The fourth-order valence-corrected chi connectivity index (χ4v) is 4.90. The lowest BCUT2D eigenvalue weighted by molar-refractivity contribution is -0.00795. The molecule has 5 rings (SSSR count). The first-order chi connectivity index (χ1) is 10.7. The summed E-state index contributed by atoms with van der Waals surface area (Å²) in [6.45, 7) is 0.985. The van der Waals surface area contributed by atoms with Crippen LogP contribution in [0.4, 0.5) is 0 Å². The van der Waals surface area contributed by atoms with Crippen molar-refractivity contribution < 1.29 is 14.6 Å². The van der Waals surface area contributed by atoms with Crippen LogP contribution in [0.1, 0.15) is 17.5 Å². The molecule has 1 aromatic rings. The van der Waals surface area contributed by atoms with Crippen molar-refractivity contribution in [2.24, 2.45) is 5.92 Å². The summed E-state index contributed by atoms with van der Waals surface area (Å²) >= 11 is 0. The van der Waals surface area contributed by atoms with Crippen LogP contribution in [0.15, 0.2) is 30.0 Å². The van der Waals surface area contributed by atoms with Crippen molar-refractivity contribution in [2.45, 2.75) is 24.0 Å². The number of allylic oxidation sites excluding steroid dienone is 1. The quantitative estimate of drug-likeness (QED) is 0.804. The zero-order chi connectivity index (χ0) is 15.1. The van der Waals surface area contributed by atoms with Crippen molar-refractivity contribution in [1.82, 2.24) is 4.90 Å². The second-order valence-electron chi connectivity index (χ2n) is 6.73. The highest BCUT2D eigenvalue weighted by molar-refractivity contribution is 5.73. The van der Waals surface area contributed by atoms with E-state index >= 15 is 0 Å². The predicted molar refractivity (Wildman–Crippen MR) is 82.9 cm³/mol. The molecular weight excluding hydrogens is 278 g/mol. The monoisotopic (exact) mass is 297 g/mol. The third-order valence-corrected chi connectivity index (χ3v) is 5.88. The molecule has 4 atom stereocenters. The Labute approximate surface area is 129 Å². The summed E-state index contributed by atoms with van der Waals surface area (Å²) < 4.78 is 11.8. The molecule has 0 saturated carbocycles. The highest BCUT2D eigenvalue weighted by Gasteiger charge is 2.62. The lowest BCUT2D eigenvalue weighted by Gasteiger charge is -2.53. The van der Waals surface area contributed by atoms with Crippen molar-refractivity contribution in [3.8, 4) is 11.5 Å². The number of benzene rings is 1. The van der Waals surface area contributed by atoms with Gasteiger partial charge in [-0.25, -0.2) is 0 Å². The summed E-state index contributed by atoms with van der Waals surface area (Å²) in [6.07, 6.45) is 6.54. The summed E-state index contributed by atoms with van der Waals surface area (Å²) in [5.41, 5.74) is 3.62. The first-order valence-electron chi connectivity index (χ1n) is 7.84. The Balaban J connectivity index is 1.87. The Morgan fingerprint density at radius 3 is 3.05 bits per heavy atom. The number of nitrogens with zero attached hydrogens (tertiary/aromatic N) is 1. The van der Waals surface area contributed by atoms with Gasteiger partial charge in [0.1, 0.15) is 12.2 Å². The number of hydrogen-bond acceptors (Lipinski definition) is 4. The molecule has 4 unspecified atom stereocenters. The normalized spacial score (nSPS) is 36.6. The number of rotatable bonds is 1. The van der Waals surface area contributed by atoms with Gasteiger partial charge < -0.3 is 19.5 Å². The number of aliphatic hydroxyl groups is 1. The average molecular weight is 297 g/mol. The van der Waals surface area contributed by atoms with E-state index in [1.807, 2.05) is 12.1 Å². The minimum absolute atomic E-state index is 0.149. The number of aliphatic hydroxyl groups excluding tert-OH is 1. The second kappa shape index (κ2) is 3.87. The molecule has 0 aromatic heterocycles. The van der Waals surface area contributed by atoms with Crippen LogP contribution in [0.25, 0.3) is 6.08 Å². The summed E-state index contributed by atoms with van der Waals surface area (Å²) in [6, 6.07) is 4.08. The van der Waals surface area contributed by atoms with Crippen molar-refractivity contribution in [3.05, 3.63) is 41.1 Å². The van der Waals surface area contributed by atoms with Gasteiger partial charge in [-0.3, -0.25) is 0 Å². The largest absolute Gasteiger partial charge is 0.493 e. The van der Waals surface area contributed by atoms with Gasteiger partial charge >= 0.3 is 0 Å². The first kappa shape index (κ1) is 12.6. The molecule has 22 heavy (non-hydrogen) atoms. The zero-order valence-corrected chi connectivity index (χ0v) is 12.7. The van der Waals surface area contributed by atoms with Gasteiger partial charge in [0.25, 0.3) is 0 Å². The molecular formula is C18H19NO3. The van der Waals surface area contributed by atoms with Crippen LogP contribution < -0.4 is 9.47 Å². The Bertz CT molecular complexity index is 738. The van der Waals surface area contributed by atoms with E-state index in [0.717, 1.165) is 24.5 Å². The van der Waals surface area contributed by atoms with Crippen molar-refractivity contribution in [2.75, 3.05) is 20.7 Å². The van der Waals surface area contributed by atoms with Crippen LogP contribution in [-0.4, -0.2) is 42.9 Å². The van der Waals surface area contributed by atoms with E-state index < -0.39 is 6.10 Å². The number of hydrogen-bond donors (Lipinski definition) is 1. The Hall–Kier alpha value is -1.94. The summed E-state index contributed by atoms with van der Waals surface area (Å²) in [5, 5.41) is 10.5. The molecule has 1 fully saturated rings. The van der Waals surface area contributed by atoms with E-state index in [9.17, 15) is 5.11 Å². The number of likely N-dealkylation sites (tertiary alicyclic amines) is 1. The van der Waals surface area contributed by atoms with Crippen LogP contribution in [-0.2, 0) is 5.41 Å². The van der Waals surface area contributed by atoms with Crippen molar-refractivity contribution in [3.63, 3.8) is 0 Å². The van der Waals surface area contributed by atoms with Gasteiger partial charge in [-0.15, -0.1) is 0 Å². The van der Waals surface area contributed by atoms with Crippen LogP contribution in [0.3, 0.4) is 0 Å². The number of methoxy groups -OCH3 is 1. The van der Waals surface area contributed by atoms with Crippen molar-refractivity contribution >= 4 is 6.08 Å². The number of ether oxygens (including phenoxy) is 2. The molecule has 1 spiro atoms. The summed E-state index contributed by atoms with van der Waals surface area (Å²) in [4.78, 5) is 2.33. The first-order valence-corrected chi connectivity index (χ1v) is 7.84. The molecule has 2 aliphatic heterocycles. The molecule has 1 N–H and O–H groups in total. The standard InChI is InChI=1S/C18H19NO3/c1-19-8-7-18-11-4-5-13(20)17(18)22-16-14(21-2)6-3-10(15(16)18)9-12(11)19/h3-6,9,11,13,17,20H,7-8H2,1-2H3. The average Bonchev–Trinajstić information content (AvgIpc) is 2.88. The van der Waals surface area contributed by atoms with E-state index in [0.29, 0.717) is 0 Å². The Morgan fingerprint density at radius 1 is 1.36 bits per heavy atom. The molecule has 0 radical (unpaired) electrons. The minimum atomic E-state index is -0.566. The van der Waals surface area contributed by atoms with Crippen LogP contribution in [0, 0.1) is 5.92 Å². The smallest absolute Gasteiger partial charge is 0.166 e. The van der Waals surface area contributed by atoms with E-state index in [-0.39, 0.29) is 17.4 Å². The van der Waals surface area contributed by atoms with Gasteiger partial charge in [0.15, 0.2) is 11.5 Å². The molecule has 0 amide bonds. The van der Waals surface area contributed by atoms with E-state index in [2.05, 4.69) is 30.2 Å². The highest BCUT2D eigenvalue weighted by atomic mass is 16.5. The van der Waals surface area contributed by atoms with Crippen LogP contribution in [0.5, 0.6) is 11.5 Å².